The molecule has 4 nitrogen and oxygen atoms in total. The summed E-state index contributed by atoms with van der Waals surface area (Å²) in [7, 11) is 0. The lowest BCUT2D eigenvalue weighted by Crippen LogP contribution is -2.03. The van der Waals surface area contributed by atoms with Crippen molar-refractivity contribution in [2.45, 2.75) is 6.61 Å². The summed E-state index contributed by atoms with van der Waals surface area (Å²) >= 11 is 0. The van der Waals surface area contributed by atoms with Crippen LogP contribution in [-0.4, -0.2) is 16.2 Å². The summed E-state index contributed by atoms with van der Waals surface area (Å²) in [5.74, 6) is -0.368. The number of hydrogen-bond donors (Lipinski definition) is 1. The second-order valence-electron chi connectivity index (χ2n) is 3.05. The molecule has 0 atom stereocenters. The molecule has 0 bridgehead atoms. The van der Waals surface area contributed by atoms with Crippen molar-refractivity contribution >= 4 is 5.97 Å². The summed E-state index contributed by atoms with van der Waals surface area (Å²) in [6.45, 7) is 0.283. The summed E-state index contributed by atoms with van der Waals surface area (Å²) in [5.41, 5.74) is 1.40. The molecular formula is C11H10N2O2. The van der Waals surface area contributed by atoms with Crippen LogP contribution in [0.3, 0.4) is 0 Å². The third kappa shape index (κ3) is 2.43. The molecule has 0 unspecified atom stereocenters. The number of aromatic amines is 1. The zero-order chi connectivity index (χ0) is 10.5. The van der Waals surface area contributed by atoms with Crippen LogP contribution in [0, 0.1) is 0 Å². The molecule has 4 heteroatoms. The molecule has 0 saturated heterocycles. The number of H-pyrrole nitrogens is 1. The lowest BCUT2D eigenvalue weighted by atomic mass is 10.2. The first-order chi connectivity index (χ1) is 7.36. The zero-order valence-corrected chi connectivity index (χ0v) is 8.01. The molecule has 0 fully saturated rings. The molecule has 2 aromatic rings. The van der Waals surface area contributed by atoms with Gasteiger partial charge in [-0.3, -0.25) is 5.10 Å². The first-order valence-corrected chi connectivity index (χ1v) is 4.56. The molecule has 0 aliphatic carbocycles. The Morgan fingerprint density at radius 2 is 2.13 bits per heavy atom. The van der Waals surface area contributed by atoms with E-state index in [0.717, 1.165) is 5.56 Å². The Labute approximate surface area is 86.9 Å². The van der Waals surface area contributed by atoms with Crippen molar-refractivity contribution in [3.63, 3.8) is 0 Å². The van der Waals surface area contributed by atoms with Crippen LogP contribution in [0.5, 0.6) is 0 Å². The summed E-state index contributed by atoms with van der Waals surface area (Å²) in [5, 5.41) is 6.23. The van der Waals surface area contributed by atoms with Crippen molar-refractivity contribution < 1.29 is 9.53 Å². The van der Waals surface area contributed by atoms with Crippen molar-refractivity contribution in [3.05, 3.63) is 53.9 Å². The number of nitrogens with zero attached hydrogens (tertiary/aromatic N) is 1. The third-order valence-corrected chi connectivity index (χ3v) is 1.95. The van der Waals surface area contributed by atoms with E-state index in [-0.39, 0.29) is 12.6 Å². The van der Waals surface area contributed by atoms with E-state index in [1.54, 1.807) is 0 Å². The fourth-order valence-corrected chi connectivity index (χ4v) is 1.17. The molecule has 0 amide bonds. The largest absolute Gasteiger partial charge is 0.457 e. The first-order valence-electron chi connectivity index (χ1n) is 4.56. The van der Waals surface area contributed by atoms with E-state index in [2.05, 4.69) is 10.2 Å². The maximum absolute atomic E-state index is 11.4. The SMILES string of the molecule is O=C(OCc1ccccc1)c1cn[nH]c1. The van der Waals surface area contributed by atoms with E-state index in [0.29, 0.717) is 5.56 Å². The highest BCUT2D eigenvalue weighted by Gasteiger charge is 2.07. The summed E-state index contributed by atoms with van der Waals surface area (Å²) in [6.07, 6.45) is 2.95. The number of carbonyl (C=O) groups excluding carboxylic acids is 1. The number of hydrogen-bond acceptors (Lipinski definition) is 3. The van der Waals surface area contributed by atoms with Gasteiger partial charge in [0.15, 0.2) is 0 Å². The zero-order valence-electron chi connectivity index (χ0n) is 8.01. The Kier molecular flexibility index (Phi) is 2.78. The van der Waals surface area contributed by atoms with Crippen molar-refractivity contribution in [3.8, 4) is 0 Å². The fraction of sp³-hybridized carbons (Fsp3) is 0.0909. The Morgan fingerprint density at radius 3 is 2.80 bits per heavy atom. The monoisotopic (exact) mass is 202 g/mol. The normalized spacial score (nSPS) is 9.87. The molecule has 76 valence electrons. The minimum atomic E-state index is -0.368. The predicted octanol–water partition coefficient (Wildman–Crippen LogP) is 1.77. The van der Waals surface area contributed by atoms with E-state index in [9.17, 15) is 4.79 Å². The molecule has 0 aliphatic heterocycles. The van der Waals surface area contributed by atoms with Gasteiger partial charge in [0.2, 0.25) is 0 Å². The van der Waals surface area contributed by atoms with Gasteiger partial charge >= 0.3 is 5.97 Å². The van der Waals surface area contributed by atoms with E-state index in [1.807, 2.05) is 30.3 Å². The van der Waals surface area contributed by atoms with Crippen molar-refractivity contribution in [2.75, 3.05) is 0 Å². The Hall–Kier alpha value is -2.10. The summed E-state index contributed by atoms with van der Waals surface area (Å²) in [6, 6.07) is 9.54. The van der Waals surface area contributed by atoms with Crippen LogP contribution >= 0.6 is 0 Å². The average molecular weight is 202 g/mol. The molecule has 1 aromatic heterocycles. The third-order valence-electron chi connectivity index (χ3n) is 1.95. The molecule has 0 aliphatic rings. The standard InChI is InChI=1S/C11H10N2O2/c14-11(10-6-12-13-7-10)15-8-9-4-2-1-3-5-9/h1-7H,8H2,(H,12,13). The quantitative estimate of drug-likeness (QED) is 0.771. The molecular weight excluding hydrogens is 192 g/mol. The van der Waals surface area contributed by atoms with E-state index >= 15 is 0 Å². The van der Waals surface area contributed by atoms with Gasteiger partial charge in [-0.1, -0.05) is 30.3 Å². The molecule has 1 heterocycles. The molecule has 0 spiro atoms. The molecule has 0 saturated carbocycles. The van der Waals surface area contributed by atoms with Gasteiger partial charge in [0.05, 0.1) is 11.8 Å². The highest BCUT2D eigenvalue weighted by Crippen LogP contribution is 2.04. The predicted molar refractivity (Wildman–Crippen MR) is 54.1 cm³/mol. The second-order valence-corrected chi connectivity index (χ2v) is 3.05. The summed E-state index contributed by atoms with van der Waals surface area (Å²) < 4.78 is 5.07. The smallest absolute Gasteiger partial charge is 0.341 e. The maximum atomic E-state index is 11.4. The minimum Gasteiger partial charge on any atom is -0.457 e. The van der Waals surface area contributed by atoms with Gasteiger partial charge in [-0.25, -0.2) is 4.79 Å². The Balaban J connectivity index is 1.92. The van der Waals surface area contributed by atoms with Gasteiger partial charge in [-0.2, -0.15) is 5.10 Å². The van der Waals surface area contributed by atoms with Crippen LogP contribution in [0.25, 0.3) is 0 Å². The van der Waals surface area contributed by atoms with Crippen LogP contribution in [0.4, 0.5) is 0 Å². The molecule has 0 radical (unpaired) electrons. The van der Waals surface area contributed by atoms with Crippen LogP contribution in [0.15, 0.2) is 42.7 Å². The molecule has 1 N–H and O–H groups in total. The van der Waals surface area contributed by atoms with Crippen LogP contribution in [0.1, 0.15) is 15.9 Å². The van der Waals surface area contributed by atoms with Gasteiger partial charge in [0.25, 0.3) is 0 Å². The van der Waals surface area contributed by atoms with Crippen molar-refractivity contribution in [2.24, 2.45) is 0 Å². The van der Waals surface area contributed by atoms with Crippen molar-refractivity contribution in [1.29, 1.82) is 0 Å². The molecule has 15 heavy (non-hydrogen) atoms. The number of esters is 1. The highest BCUT2D eigenvalue weighted by atomic mass is 16.5. The van der Waals surface area contributed by atoms with Gasteiger partial charge in [0, 0.05) is 6.20 Å². The van der Waals surface area contributed by atoms with Gasteiger partial charge in [-0.15, -0.1) is 0 Å². The lowest BCUT2D eigenvalue weighted by Gasteiger charge is -2.02. The number of benzene rings is 1. The number of rotatable bonds is 3. The van der Waals surface area contributed by atoms with Gasteiger partial charge < -0.3 is 4.74 Å². The molecule has 2 rings (SSSR count). The number of aromatic nitrogens is 2. The summed E-state index contributed by atoms with van der Waals surface area (Å²) in [4.78, 5) is 11.4. The Morgan fingerprint density at radius 1 is 1.33 bits per heavy atom. The van der Waals surface area contributed by atoms with E-state index in [4.69, 9.17) is 4.74 Å². The topological polar surface area (TPSA) is 55.0 Å². The van der Waals surface area contributed by atoms with Gasteiger partial charge in [-0.05, 0) is 5.56 Å². The van der Waals surface area contributed by atoms with E-state index in [1.165, 1.54) is 12.4 Å². The lowest BCUT2D eigenvalue weighted by molar-refractivity contribution is 0.0473. The number of ether oxygens (including phenoxy) is 1. The van der Waals surface area contributed by atoms with Crippen LogP contribution in [-0.2, 0) is 11.3 Å². The van der Waals surface area contributed by atoms with Crippen LogP contribution < -0.4 is 0 Å². The van der Waals surface area contributed by atoms with E-state index < -0.39 is 0 Å². The van der Waals surface area contributed by atoms with Crippen molar-refractivity contribution in [1.82, 2.24) is 10.2 Å². The highest BCUT2D eigenvalue weighted by molar-refractivity contribution is 5.88. The number of carbonyl (C=O) groups is 1. The first kappa shape index (κ1) is 9.45. The second kappa shape index (κ2) is 4.41. The fourth-order valence-electron chi connectivity index (χ4n) is 1.17. The minimum absolute atomic E-state index is 0.283. The van der Waals surface area contributed by atoms with Gasteiger partial charge in [0.1, 0.15) is 6.61 Å². The average Bonchev–Trinajstić information content (AvgIpc) is 2.81. The van der Waals surface area contributed by atoms with Crippen LogP contribution in [0.2, 0.25) is 0 Å². The maximum Gasteiger partial charge on any atom is 0.341 e. The molecule has 1 aromatic carbocycles. The Bertz CT molecular complexity index is 423. The number of nitrogens with one attached hydrogen (secondary N) is 1.